The van der Waals surface area contributed by atoms with E-state index in [1.54, 1.807) is 31.4 Å². The monoisotopic (exact) mass is 238 g/mol. The summed E-state index contributed by atoms with van der Waals surface area (Å²) in [5.74, 6) is -0.356. The van der Waals surface area contributed by atoms with Crippen LogP contribution in [0.5, 0.6) is 0 Å². The normalized spacial score (nSPS) is 12.6. The van der Waals surface area contributed by atoms with E-state index in [-0.39, 0.29) is 5.97 Å². The number of hydrogen-bond donors (Lipinski definition) is 0. The first-order valence-electron chi connectivity index (χ1n) is 4.92. The lowest BCUT2D eigenvalue weighted by Crippen LogP contribution is -1.98. The number of esters is 1. The standard InChI is InChI=1S/C12H14O3S/c1-3-15-12(13)9-6-10-4-7-11(8-5-10)16(2)14/h4-9H,3H2,1-2H3/b9-6+. The van der Waals surface area contributed by atoms with E-state index >= 15 is 0 Å². The second kappa shape index (κ2) is 6.23. The summed E-state index contributed by atoms with van der Waals surface area (Å²) in [5.41, 5.74) is 0.877. The lowest BCUT2D eigenvalue weighted by Gasteiger charge is -1.97. The van der Waals surface area contributed by atoms with Crippen LogP contribution in [0.1, 0.15) is 12.5 Å². The highest BCUT2D eigenvalue weighted by Gasteiger charge is 1.97. The molecule has 0 N–H and O–H groups in total. The molecule has 0 fully saturated rings. The van der Waals surface area contributed by atoms with Crippen LogP contribution in [0.15, 0.2) is 35.2 Å². The Morgan fingerprint density at radius 3 is 2.50 bits per heavy atom. The second-order valence-corrected chi connectivity index (χ2v) is 4.49. The Morgan fingerprint density at radius 2 is 2.00 bits per heavy atom. The summed E-state index contributed by atoms with van der Waals surface area (Å²) < 4.78 is 15.9. The summed E-state index contributed by atoms with van der Waals surface area (Å²) in [6.45, 7) is 2.13. The molecule has 0 aliphatic heterocycles. The van der Waals surface area contributed by atoms with E-state index in [0.29, 0.717) is 6.61 Å². The van der Waals surface area contributed by atoms with Crippen LogP contribution in [0.4, 0.5) is 0 Å². The number of benzene rings is 1. The first-order chi connectivity index (χ1) is 7.63. The molecule has 0 aromatic heterocycles. The van der Waals surface area contributed by atoms with E-state index in [2.05, 4.69) is 0 Å². The van der Waals surface area contributed by atoms with E-state index in [9.17, 15) is 9.00 Å². The fraction of sp³-hybridized carbons (Fsp3) is 0.250. The molecule has 0 amide bonds. The van der Waals surface area contributed by atoms with E-state index in [4.69, 9.17) is 4.74 Å². The molecule has 1 rings (SSSR count). The van der Waals surface area contributed by atoms with Crippen molar-refractivity contribution in [2.75, 3.05) is 12.9 Å². The minimum absolute atomic E-state index is 0.356. The summed E-state index contributed by atoms with van der Waals surface area (Å²) in [6.07, 6.45) is 4.67. The van der Waals surface area contributed by atoms with Crippen molar-refractivity contribution in [2.45, 2.75) is 11.8 Å². The molecule has 4 heteroatoms. The third-order valence-electron chi connectivity index (χ3n) is 1.91. The Labute approximate surface area is 97.6 Å². The van der Waals surface area contributed by atoms with Crippen molar-refractivity contribution in [1.29, 1.82) is 0 Å². The molecule has 0 saturated heterocycles. The maximum atomic E-state index is 11.1. The van der Waals surface area contributed by atoms with Crippen LogP contribution >= 0.6 is 0 Å². The molecule has 1 unspecified atom stereocenters. The first kappa shape index (κ1) is 12.6. The van der Waals surface area contributed by atoms with Crippen LogP contribution in [0.25, 0.3) is 6.08 Å². The zero-order valence-electron chi connectivity index (χ0n) is 9.30. The predicted octanol–water partition coefficient (Wildman–Crippen LogP) is 2.00. The van der Waals surface area contributed by atoms with Crippen molar-refractivity contribution in [2.24, 2.45) is 0 Å². The average molecular weight is 238 g/mol. The summed E-state index contributed by atoms with van der Waals surface area (Å²) in [4.78, 5) is 11.8. The number of carbonyl (C=O) groups is 1. The predicted molar refractivity (Wildman–Crippen MR) is 64.4 cm³/mol. The van der Waals surface area contributed by atoms with Gasteiger partial charge in [0.05, 0.1) is 6.61 Å². The second-order valence-electron chi connectivity index (χ2n) is 3.11. The van der Waals surface area contributed by atoms with Crippen LogP contribution in [-0.4, -0.2) is 23.0 Å². The SMILES string of the molecule is CCOC(=O)/C=C/c1ccc(S(C)=O)cc1. The molecule has 16 heavy (non-hydrogen) atoms. The molecule has 0 saturated carbocycles. The van der Waals surface area contributed by atoms with E-state index in [0.717, 1.165) is 10.5 Å². The molecule has 1 aromatic carbocycles. The van der Waals surface area contributed by atoms with Gasteiger partial charge in [0.2, 0.25) is 0 Å². The minimum Gasteiger partial charge on any atom is -0.463 e. The molecule has 0 aliphatic rings. The van der Waals surface area contributed by atoms with Gasteiger partial charge in [0.25, 0.3) is 0 Å². The molecule has 0 radical (unpaired) electrons. The summed E-state index contributed by atoms with van der Waals surface area (Å²) >= 11 is 0. The highest BCUT2D eigenvalue weighted by molar-refractivity contribution is 7.84. The van der Waals surface area contributed by atoms with Gasteiger partial charge in [-0.3, -0.25) is 4.21 Å². The van der Waals surface area contributed by atoms with Crippen molar-refractivity contribution in [3.63, 3.8) is 0 Å². The molecule has 3 nitrogen and oxygen atoms in total. The molecule has 0 aliphatic carbocycles. The molecule has 86 valence electrons. The van der Waals surface area contributed by atoms with Gasteiger partial charge in [-0.05, 0) is 30.7 Å². The van der Waals surface area contributed by atoms with Gasteiger partial charge in [0.15, 0.2) is 0 Å². The van der Waals surface area contributed by atoms with Gasteiger partial charge in [0, 0.05) is 28.0 Å². The van der Waals surface area contributed by atoms with Crippen molar-refractivity contribution >= 4 is 22.8 Å². The lowest BCUT2D eigenvalue weighted by molar-refractivity contribution is -0.137. The van der Waals surface area contributed by atoms with Gasteiger partial charge in [-0.15, -0.1) is 0 Å². The number of ether oxygens (including phenoxy) is 1. The largest absolute Gasteiger partial charge is 0.463 e. The number of hydrogen-bond acceptors (Lipinski definition) is 3. The van der Waals surface area contributed by atoms with Crippen LogP contribution in [-0.2, 0) is 20.3 Å². The van der Waals surface area contributed by atoms with Crippen LogP contribution in [0.2, 0.25) is 0 Å². The van der Waals surface area contributed by atoms with Gasteiger partial charge >= 0.3 is 5.97 Å². The van der Waals surface area contributed by atoms with Crippen LogP contribution < -0.4 is 0 Å². The number of carbonyl (C=O) groups excluding carboxylic acids is 1. The van der Waals surface area contributed by atoms with E-state index in [1.807, 2.05) is 12.1 Å². The van der Waals surface area contributed by atoms with E-state index < -0.39 is 10.8 Å². The van der Waals surface area contributed by atoms with Crippen molar-refractivity contribution in [3.8, 4) is 0 Å². The topological polar surface area (TPSA) is 43.4 Å². The number of rotatable bonds is 4. The maximum absolute atomic E-state index is 11.1. The molecule has 0 spiro atoms. The zero-order valence-corrected chi connectivity index (χ0v) is 10.1. The molecule has 1 aromatic rings. The fourth-order valence-electron chi connectivity index (χ4n) is 1.13. The molecular formula is C12H14O3S. The average Bonchev–Trinajstić information content (AvgIpc) is 2.27. The molecule has 0 bridgehead atoms. The van der Waals surface area contributed by atoms with Gasteiger partial charge in [0.1, 0.15) is 0 Å². The Bertz CT molecular complexity index is 407. The van der Waals surface area contributed by atoms with E-state index in [1.165, 1.54) is 6.08 Å². The quantitative estimate of drug-likeness (QED) is 0.595. The highest BCUT2D eigenvalue weighted by Crippen LogP contribution is 2.08. The molecule has 1 atom stereocenters. The Balaban J connectivity index is 2.68. The van der Waals surface area contributed by atoms with Gasteiger partial charge in [-0.1, -0.05) is 12.1 Å². The lowest BCUT2D eigenvalue weighted by atomic mass is 10.2. The van der Waals surface area contributed by atoms with Crippen molar-refractivity contribution < 1.29 is 13.7 Å². The zero-order chi connectivity index (χ0) is 12.0. The van der Waals surface area contributed by atoms with Crippen molar-refractivity contribution in [1.82, 2.24) is 0 Å². The fourth-order valence-corrected chi connectivity index (χ4v) is 1.64. The first-order valence-corrected chi connectivity index (χ1v) is 6.47. The smallest absolute Gasteiger partial charge is 0.330 e. The maximum Gasteiger partial charge on any atom is 0.330 e. The van der Waals surface area contributed by atoms with Crippen molar-refractivity contribution in [3.05, 3.63) is 35.9 Å². The minimum atomic E-state index is -0.969. The summed E-state index contributed by atoms with van der Waals surface area (Å²) in [6, 6.07) is 7.18. The van der Waals surface area contributed by atoms with Crippen LogP contribution in [0, 0.1) is 0 Å². The van der Waals surface area contributed by atoms with Gasteiger partial charge < -0.3 is 4.74 Å². The third kappa shape index (κ3) is 3.98. The Kier molecular flexibility index (Phi) is 4.92. The summed E-state index contributed by atoms with van der Waals surface area (Å²) in [5, 5.41) is 0. The summed E-state index contributed by atoms with van der Waals surface area (Å²) in [7, 11) is -0.969. The third-order valence-corrected chi connectivity index (χ3v) is 2.85. The highest BCUT2D eigenvalue weighted by atomic mass is 32.2. The molecular weight excluding hydrogens is 224 g/mol. The van der Waals surface area contributed by atoms with Crippen LogP contribution in [0.3, 0.4) is 0 Å². The van der Waals surface area contributed by atoms with Gasteiger partial charge in [-0.25, -0.2) is 4.79 Å². The Hall–Kier alpha value is -1.42. The van der Waals surface area contributed by atoms with Gasteiger partial charge in [-0.2, -0.15) is 0 Å². The molecule has 0 heterocycles. The Morgan fingerprint density at radius 1 is 1.38 bits per heavy atom.